The van der Waals surface area contributed by atoms with E-state index in [0.717, 1.165) is 13.1 Å². The maximum absolute atomic E-state index is 12.5. The van der Waals surface area contributed by atoms with E-state index in [1.807, 2.05) is 11.0 Å². The number of amides is 2. The van der Waals surface area contributed by atoms with Gasteiger partial charge in [0.05, 0.1) is 14.2 Å². The number of urea groups is 1. The van der Waals surface area contributed by atoms with Crippen LogP contribution in [0.5, 0.6) is 11.5 Å². The Morgan fingerprint density at radius 2 is 1.69 bits per heavy atom. The molecule has 1 N–H and O–H groups in total. The summed E-state index contributed by atoms with van der Waals surface area (Å²) in [5.74, 6) is 1.23. The summed E-state index contributed by atoms with van der Waals surface area (Å²) in [6.07, 6.45) is 0. The third-order valence-corrected chi connectivity index (χ3v) is 4.57. The van der Waals surface area contributed by atoms with Gasteiger partial charge in [-0.3, -0.25) is 0 Å². The molecule has 2 aromatic rings. The van der Waals surface area contributed by atoms with Crippen LogP contribution in [0.25, 0.3) is 0 Å². The van der Waals surface area contributed by atoms with Crippen LogP contribution in [0, 0.1) is 6.92 Å². The number of anilines is 2. The van der Waals surface area contributed by atoms with Crippen molar-refractivity contribution in [1.29, 1.82) is 0 Å². The molecular weight excluding hydrogens is 330 g/mol. The van der Waals surface area contributed by atoms with Crippen molar-refractivity contribution in [2.75, 3.05) is 50.6 Å². The average Bonchev–Trinajstić information content (AvgIpc) is 2.68. The van der Waals surface area contributed by atoms with Gasteiger partial charge in [-0.2, -0.15) is 0 Å². The van der Waals surface area contributed by atoms with Gasteiger partial charge >= 0.3 is 6.03 Å². The molecule has 0 atom stereocenters. The maximum atomic E-state index is 12.5. The van der Waals surface area contributed by atoms with Crippen LogP contribution in [0.3, 0.4) is 0 Å². The van der Waals surface area contributed by atoms with E-state index in [0.29, 0.717) is 30.3 Å². The lowest BCUT2D eigenvalue weighted by Gasteiger charge is -2.36. The van der Waals surface area contributed by atoms with E-state index in [1.165, 1.54) is 11.3 Å². The van der Waals surface area contributed by atoms with Crippen molar-refractivity contribution in [1.82, 2.24) is 4.90 Å². The minimum atomic E-state index is -0.0962. The molecule has 2 amide bonds. The molecule has 1 fully saturated rings. The van der Waals surface area contributed by atoms with Gasteiger partial charge in [-0.15, -0.1) is 0 Å². The minimum absolute atomic E-state index is 0.0962. The average molecular weight is 355 g/mol. The molecule has 26 heavy (non-hydrogen) atoms. The van der Waals surface area contributed by atoms with Crippen LogP contribution in [-0.4, -0.2) is 51.3 Å². The van der Waals surface area contributed by atoms with E-state index in [9.17, 15) is 4.79 Å². The molecule has 1 saturated heterocycles. The van der Waals surface area contributed by atoms with E-state index in [-0.39, 0.29) is 6.03 Å². The highest BCUT2D eigenvalue weighted by Crippen LogP contribution is 2.30. The zero-order valence-corrected chi connectivity index (χ0v) is 15.5. The molecule has 6 nitrogen and oxygen atoms in total. The second-order valence-corrected chi connectivity index (χ2v) is 6.31. The third kappa shape index (κ3) is 4.02. The summed E-state index contributed by atoms with van der Waals surface area (Å²) in [4.78, 5) is 16.7. The number of aryl methyl sites for hydroxylation is 1. The standard InChI is InChI=1S/C20H25N3O3/c1-15-5-4-6-17(13-15)22-9-11-23(12-10-22)20(24)21-16-7-8-18(25-2)19(14-16)26-3/h4-8,13-14H,9-12H2,1-3H3,(H,21,24). The van der Waals surface area contributed by atoms with Gasteiger partial charge in [0.1, 0.15) is 0 Å². The molecule has 1 heterocycles. The van der Waals surface area contributed by atoms with Crippen molar-refractivity contribution >= 4 is 17.4 Å². The number of benzene rings is 2. The van der Waals surface area contributed by atoms with E-state index < -0.39 is 0 Å². The molecule has 2 aromatic carbocycles. The molecule has 0 aliphatic carbocycles. The van der Waals surface area contributed by atoms with Crippen molar-refractivity contribution in [3.05, 3.63) is 48.0 Å². The Labute approximate surface area is 154 Å². The largest absolute Gasteiger partial charge is 0.493 e. The Morgan fingerprint density at radius 1 is 0.962 bits per heavy atom. The number of hydrogen-bond acceptors (Lipinski definition) is 4. The summed E-state index contributed by atoms with van der Waals surface area (Å²) in [5.41, 5.74) is 3.15. The Hall–Kier alpha value is -2.89. The Balaban J connectivity index is 1.58. The van der Waals surface area contributed by atoms with E-state index >= 15 is 0 Å². The summed E-state index contributed by atoms with van der Waals surface area (Å²) >= 11 is 0. The van der Waals surface area contributed by atoms with Gasteiger partial charge in [-0.25, -0.2) is 4.79 Å². The van der Waals surface area contributed by atoms with Gasteiger partial charge in [0.2, 0.25) is 0 Å². The number of methoxy groups -OCH3 is 2. The number of nitrogens with zero attached hydrogens (tertiary/aromatic N) is 2. The number of carbonyl (C=O) groups is 1. The molecule has 3 rings (SSSR count). The fourth-order valence-electron chi connectivity index (χ4n) is 3.11. The van der Waals surface area contributed by atoms with Crippen molar-refractivity contribution in [3.63, 3.8) is 0 Å². The lowest BCUT2D eigenvalue weighted by atomic mass is 10.2. The first kappa shape index (κ1) is 17.9. The SMILES string of the molecule is COc1ccc(NC(=O)N2CCN(c3cccc(C)c3)CC2)cc1OC. The van der Waals surface area contributed by atoms with Gasteiger partial charge in [0.15, 0.2) is 11.5 Å². The van der Waals surface area contributed by atoms with Crippen LogP contribution in [0.4, 0.5) is 16.2 Å². The van der Waals surface area contributed by atoms with Gasteiger partial charge in [0, 0.05) is 43.6 Å². The molecule has 0 aromatic heterocycles. The summed E-state index contributed by atoms with van der Waals surface area (Å²) in [7, 11) is 3.16. The predicted octanol–water partition coefficient (Wildman–Crippen LogP) is 3.37. The smallest absolute Gasteiger partial charge is 0.321 e. The molecule has 0 radical (unpaired) electrons. The molecule has 0 unspecified atom stereocenters. The van der Waals surface area contributed by atoms with Gasteiger partial charge in [-0.1, -0.05) is 12.1 Å². The number of hydrogen-bond donors (Lipinski definition) is 1. The number of ether oxygens (including phenoxy) is 2. The van der Waals surface area contributed by atoms with Crippen LogP contribution < -0.4 is 19.7 Å². The highest BCUT2D eigenvalue weighted by atomic mass is 16.5. The minimum Gasteiger partial charge on any atom is -0.493 e. The van der Waals surface area contributed by atoms with E-state index in [2.05, 4.69) is 41.4 Å². The van der Waals surface area contributed by atoms with Crippen molar-refractivity contribution in [2.45, 2.75) is 6.92 Å². The van der Waals surface area contributed by atoms with Crippen LogP contribution >= 0.6 is 0 Å². The second kappa shape index (κ2) is 7.99. The molecule has 0 spiro atoms. The fraction of sp³-hybridized carbons (Fsp3) is 0.350. The van der Waals surface area contributed by atoms with E-state index in [4.69, 9.17) is 9.47 Å². The first-order valence-electron chi connectivity index (χ1n) is 8.70. The summed E-state index contributed by atoms with van der Waals surface area (Å²) in [6.45, 7) is 5.11. The number of carbonyl (C=O) groups excluding carboxylic acids is 1. The predicted molar refractivity (Wildman–Crippen MR) is 104 cm³/mol. The van der Waals surface area contributed by atoms with E-state index in [1.54, 1.807) is 26.4 Å². The Morgan fingerprint density at radius 3 is 2.35 bits per heavy atom. The number of nitrogens with one attached hydrogen (secondary N) is 1. The number of rotatable bonds is 4. The van der Waals surface area contributed by atoms with Gasteiger partial charge in [-0.05, 0) is 36.8 Å². The zero-order valence-electron chi connectivity index (χ0n) is 15.5. The Kier molecular flexibility index (Phi) is 5.51. The first-order chi connectivity index (χ1) is 12.6. The zero-order chi connectivity index (χ0) is 18.5. The molecule has 1 aliphatic heterocycles. The molecule has 1 aliphatic rings. The highest BCUT2D eigenvalue weighted by molar-refractivity contribution is 5.90. The lowest BCUT2D eigenvalue weighted by Crippen LogP contribution is -2.50. The van der Waals surface area contributed by atoms with Crippen LogP contribution in [0.15, 0.2) is 42.5 Å². The number of piperazine rings is 1. The summed E-state index contributed by atoms with van der Waals surface area (Å²) < 4.78 is 10.5. The van der Waals surface area contributed by atoms with Crippen LogP contribution in [-0.2, 0) is 0 Å². The summed E-state index contributed by atoms with van der Waals surface area (Å²) in [6, 6.07) is 13.7. The van der Waals surface area contributed by atoms with Crippen molar-refractivity contribution in [2.24, 2.45) is 0 Å². The first-order valence-corrected chi connectivity index (χ1v) is 8.70. The van der Waals surface area contributed by atoms with Crippen LogP contribution in [0.2, 0.25) is 0 Å². The van der Waals surface area contributed by atoms with Crippen LogP contribution in [0.1, 0.15) is 5.56 Å². The molecular formula is C20H25N3O3. The fourth-order valence-corrected chi connectivity index (χ4v) is 3.11. The second-order valence-electron chi connectivity index (χ2n) is 6.31. The quantitative estimate of drug-likeness (QED) is 0.914. The van der Waals surface area contributed by atoms with Gasteiger partial charge < -0.3 is 24.6 Å². The molecule has 0 bridgehead atoms. The van der Waals surface area contributed by atoms with Crippen molar-refractivity contribution in [3.8, 4) is 11.5 Å². The Bertz CT molecular complexity index is 771. The van der Waals surface area contributed by atoms with Gasteiger partial charge in [0.25, 0.3) is 0 Å². The monoisotopic (exact) mass is 355 g/mol. The normalized spacial score (nSPS) is 14.1. The molecule has 6 heteroatoms. The maximum Gasteiger partial charge on any atom is 0.321 e. The summed E-state index contributed by atoms with van der Waals surface area (Å²) in [5, 5.41) is 2.93. The topological polar surface area (TPSA) is 54.0 Å². The third-order valence-electron chi connectivity index (χ3n) is 4.57. The highest BCUT2D eigenvalue weighted by Gasteiger charge is 2.21. The molecule has 138 valence electrons. The van der Waals surface area contributed by atoms with Crippen molar-refractivity contribution < 1.29 is 14.3 Å². The molecule has 0 saturated carbocycles. The lowest BCUT2D eigenvalue weighted by molar-refractivity contribution is 0.208.